The van der Waals surface area contributed by atoms with Crippen LogP contribution in [0.4, 0.5) is 0 Å². The van der Waals surface area contributed by atoms with E-state index in [1.165, 1.54) is 18.2 Å². The van der Waals surface area contributed by atoms with Crippen LogP contribution in [-0.2, 0) is 16.3 Å². The molecule has 1 amide bonds. The molecule has 1 aliphatic heterocycles. The van der Waals surface area contributed by atoms with Crippen molar-refractivity contribution in [3.05, 3.63) is 52.5 Å². The first kappa shape index (κ1) is 17.6. The summed E-state index contributed by atoms with van der Waals surface area (Å²) < 4.78 is 33.9. The Kier molecular flexibility index (Phi) is 4.87. The van der Waals surface area contributed by atoms with Gasteiger partial charge in [0, 0.05) is 18.4 Å². The molecule has 0 radical (unpaired) electrons. The van der Waals surface area contributed by atoms with Crippen LogP contribution in [0.3, 0.4) is 0 Å². The zero-order chi connectivity index (χ0) is 18.0. The molecule has 25 heavy (non-hydrogen) atoms. The molecule has 0 fully saturated rings. The summed E-state index contributed by atoms with van der Waals surface area (Å²) in [5.74, 6) is 1.05. The molecule has 2 aromatic rings. The molecule has 8 heteroatoms. The number of rotatable bonds is 5. The van der Waals surface area contributed by atoms with E-state index in [0.29, 0.717) is 24.5 Å². The van der Waals surface area contributed by atoms with E-state index in [0.717, 1.165) is 11.8 Å². The minimum absolute atomic E-state index is 0.0578. The van der Waals surface area contributed by atoms with E-state index in [-0.39, 0.29) is 28.2 Å². The van der Waals surface area contributed by atoms with Gasteiger partial charge in [-0.3, -0.25) is 4.79 Å². The second-order valence-corrected chi connectivity index (χ2v) is 8.00. The van der Waals surface area contributed by atoms with Crippen LogP contribution in [0.5, 0.6) is 11.5 Å². The quantitative estimate of drug-likeness (QED) is 0.860. The first-order chi connectivity index (χ1) is 11.8. The van der Waals surface area contributed by atoms with Crippen LogP contribution in [0.1, 0.15) is 15.9 Å². The zero-order valence-corrected chi connectivity index (χ0v) is 15.0. The SMILES string of the molecule is CS(=O)(=O)c1cc(C(=O)NCCc2ccc3c(c2)OCO3)ccc1Cl. The summed E-state index contributed by atoms with van der Waals surface area (Å²) >= 11 is 5.88. The van der Waals surface area contributed by atoms with Crippen LogP contribution in [0, 0.1) is 0 Å². The molecule has 0 unspecified atom stereocenters. The highest BCUT2D eigenvalue weighted by Crippen LogP contribution is 2.32. The van der Waals surface area contributed by atoms with Crippen molar-refractivity contribution in [1.82, 2.24) is 5.32 Å². The van der Waals surface area contributed by atoms with Gasteiger partial charge in [-0.1, -0.05) is 17.7 Å². The fourth-order valence-corrected chi connectivity index (χ4v) is 3.75. The van der Waals surface area contributed by atoms with Crippen LogP contribution in [0.25, 0.3) is 0 Å². The van der Waals surface area contributed by atoms with Gasteiger partial charge in [-0.05, 0) is 42.3 Å². The number of hydrogen-bond donors (Lipinski definition) is 1. The molecular formula is C17H16ClNO5S. The molecule has 0 saturated carbocycles. The smallest absolute Gasteiger partial charge is 0.251 e. The third-order valence-electron chi connectivity index (χ3n) is 3.73. The van der Waals surface area contributed by atoms with E-state index < -0.39 is 9.84 Å². The Morgan fingerprint density at radius 3 is 2.68 bits per heavy atom. The Balaban J connectivity index is 1.63. The predicted octanol–water partition coefficient (Wildman–Crippen LogP) is 2.44. The number of sulfone groups is 1. The lowest BCUT2D eigenvalue weighted by Crippen LogP contribution is -2.25. The Morgan fingerprint density at radius 2 is 1.92 bits per heavy atom. The van der Waals surface area contributed by atoms with Crippen LogP contribution in [-0.4, -0.2) is 33.9 Å². The van der Waals surface area contributed by atoms with E-state index in [4.69, 9.17) is 21.1 Å². The van der Waals surface area contributed by atoms with E-state index >= 15 is 0 Å². The fraction of sp³-hybridized carbons (Fsp3) is 0.235. The van der Waals surface area contributed by atoms with Crippen molar-refractivity contribution in [2.75, 3.05) is 19.6 Å². The molecule has 3 rings (SSSR count). The monoisotopic (exact) mass is 381 g/mol. The van der Waals surface area contributed by atoms with Crippen molar-refractivity contribution in [3.63, 3.8) is 0 Å². The molecular weight excluding hydrogens is 366 g/mol. The van der Waals surface area contributed by atoms with Gasteiger partial charge < -0.3 is 14.8 Å². The molecule has 0 aromatic heterocycles. The van der Waals surface area contributed by atoms with E-state index in [9.17, 15) is 13.2 Å². The number of benzene rings is 2. The number of ether oxygens (including phenoxy) is 2. The van der Waals surface area contributed by atoms with Gasteiger partial charge in [0.1, 0.15) is 0 Å². The number of carbonyl (C=O) groups excluding carboxylic acids is 1. The largest absolute Gasteiger partial charge is 0.454 e. The van der Waals surface area contributed by atoms with Crippen LogP contribution in [0.15, 0.2) is 41.3 Å². The van der Waals surface area contributed by atoms with Crippen molar-refractivity contribution in [3.8, 4) is 11.5 Å². The van der Waals surface area contributed by atoms with Gasteiger partial charge >= 0.3 is 0 Å². The summed E-state index contributed by atoms with van der Waals surface area (Å²) in [6.45, 7) is 0.615. The first-order valence-electron chi connectivity index (χ1n) is 7.51. The number of nitrogens with one attached hydrogen (secondary N) is 1. The van der Waals surface area contributed by atoms with E-state index in [2.05, 4.69) is 5.32 Å². The highest BCUT2D eigenvalue weighted by Gasteiger charge is 2.16. The second kappa shape index (κ2) is 6.93. The van der Waals surface area contributed by atoms with Gasteiger partial charge in [-0.2, -0.15) is 0 Å². The lowest BCUT2D eigenvalue weighted by molar-refractivity contribution is 0.0954. The van der Waals surface area contributed by atoms with E-state index in [1.807, 2.05) is 18.2 Å². The Morgan fingerprint density at radius 1 is 1.16 bits per heavy atom. The summed E-state index contributed by atoms with van der Waals surface area (Å²) in [5, 5.41) is 2.86. The van der Waals surface area contributed by atoms with Gasteiger partial charge in [0.05, 0.1) is 9.92 Å². The Bertz CT molecular complexity index is 927. The van der Waals surface area contributed by atoms with Crippen molar-refractivity contribution in [1.29, 1.82) is 0 Å². The molecule has 1 aliphatic rings. The third-order valence-corrected chi connectivity index (χ3v) is 5.31. The van der Waals surface area contributed by atoms with Crippen LogP contribution in [0.2, 0.25) is 5.02 Å². The number of amides is 1. The summed E-state index contributed by atoms with van der Waals surface area (Å²) in [6, 6.07) is 9.80. The molecule has 0 bridgehead atoms. The molecule has 0 spiro atoms. The summed E-state index contributed by atoms with van der Waals surface area (Å²) in [7, 11) is -3.50. The third kappa shape index (κ3) is 4.05. The zero-order valence-electron chi connectivity index (χ0n) is 13.4. The molecule has 1 N–H and O–H groups in total. The van der Waals surface area contributed by atoms with Gasteiger partial charge in [0.2, 0.25) is 6.79 Å². The highest BCUT2D eigenvalue weighted by atomic mass is 35.5. The molecule has 0 atom stereocenters. The number of carbonyl (C=O) groups is 1. The maximum Gasteiger partial charge on any atom is 0.251 e. The van der Waals surface area contributed by atoms with Gasteiger partial charge in [-0.25, -0.2) is 8.42 Å². The number of fused-ring (bicyclic) bond motifs is 1. The lowest BCUT2D eigenvalue weighted by atomic mass is 10.1. The second-order valence-electron chi connectivity index (χ2n) is 5.61. The molecule has 0 saturated heterocycles. The van der Waals surface area contributed by atoms with Gasteiger partial charge in [-0.15, -0.1) is 0 Å². The average Bonchev–Trinajstić information content (AvgIpc) is 3.01. The fourth-order valence-electron chi connectivity index (χ4n) is 2.45. The molecule has 6 nitrogen and oxygen atoms in total. The number of hydrogen-bond acceptors (Lipinski definition) is 5. The maximum atomic E-state index is 12.2. The highest BCUT2D eigenvalue weighted by molar-refractivity contribution is 7.90. The summed E-state index contributed by atoms with van der Waals surface area (Å²) in [4.78, 5) is 12.2. The predicted molar refractivity (Wildman–Crippen MR) is 93.2 cm³/mol. The minimum atomic E-state index is -3.50. The molecule has 2 aromatic carbocycles. The Labute approximate surface area is 150 Å². The minimum Gasteiger partial charge on any atom is -0.454 e. The number of halogens is 1. The average molecular weight is 382 g/mol. The van der Waals surface area contributed by atoms with Crippen LogP contribution < -0.4 is 14.8 Å². The molecule has 1 heterocycles. The maximum absolute atomic E-state index is 12.2. The van der Waals surface area contributed by atoms with Gasteiger partial charge in [0.25, 0.3) is 5.91 Å². The molecule has 0 aliphatic carbocycles. The standard InChI is InChI=1S/C17H16ClNO5S/c1-25(21,22)16-9-12(3-4-13(16)18)17(20)19-7-6-11-2-5-14-15(8-11)24-10-23-14/h2-5,8-9H,6-7,10H2,1H3,(H,19,20). The van der Waals surface area contributed by atoms with Crippen molar-refractivity contribution in [2.45, 2.75) is 11.3 Å². The van der Waals surface area contributed by atoms with Crippen molar-refractivity contribution < 1.29 is 22.7 Å². The van der Waals surface area contributed by atoms with Crippen molar-refractivity contribution >= 4 is 27.3 Å². The Hall–Kier alpha value is -2.25. The van der Waals surface area contributed by atoms with E-state index in [1.54, 1.807) is 0 Å². The molecule has 132 valence electrons. The first-order valence-corrected chi connectivity index (χ1v) is 9.78. The van der Waals surface area contributed by atoms with Crippen molar-refractivity contribution in [2.24, 2.45) is 0 Å². The van der Waals surface area contributed by atoms with Gasteiger partial charge in [0.15, 0.2) is 21.3 Å². The topological polar surface area (TPSA) is 81.7 Å². The summed E-state index contributed by atoms with van der Waals surface area (Å²) in [5.41, 5.74) is 1.24. The summed E-state index contributed by atoms with van der Waals surface area (Å²) in [6.07, 6.45) is 1.66. The lowest BCUT2D eigenvalue weighted by Gasteiger charge is -2.08. The van der Waals surface area contributed by atoms with Crippen LogP contribution >= 0.6 is 11.6 Å². The normalized spacial score (nSPS) is 12.9.